The molecule has 35 heavy (non-hydrogen) atoms. The molecule has 0 aliphatic heterocycles. The normalized spacial score (nSPS) is 15.8. The molecule has 8 heteroatoms. The fraction of sp³-hybridized carbons (Fsp3) is 0.333. The number of benzene rings is 3. The minimum atomic E-state index is -4.25. The minimum absolute atomic E-state index is 0.0490. The smallest absolute Gasteiger partial charge is 0.277 e. The van der Waals surface area contributed by atoms with E-state index in [1.807, 2.05) is 93.6 Å². The van der Waals surface area contributed by atoms with Gasteiger partial charge in [-0.3, -0.25) is 13.6 Å². The first kappa shape index (κ1) is 28.2. The molecule has 0 amide bonds. The Labute approximate surface area is 223 Å². The number of rotatable bonds is 12. The van der Waals surface area contributed by atoms with Gasteiger partial charge in [-0.2, -0.15) is 0 Å². The highest BCUT2D eigenvalue weighted by atomic mass is 35.5. The molecule has 0 N–H and O–H groups in total. The third-order valence-corrected chi connectivity index (χ3v) is 8.17. The van der Waals surface area contributed by atoms with Crippen molar-refractivity contribution in [2.24, 2.45) is 0 Å². The Morgan fingerprint density at radius 2 is 0.829 bits per heavy atom. The molecule has 3 rings (SSSR count). The summed E-state index contributed by atoms with van der Waals surface area (Å²) in [6.07, 6.45) is -2.20. The van der Waals surface area contributed by atoms with Gasteiger partial charge in [-0.1, -0.05) is 72.8 Å². The molecule has 0 fully saturated rings. The highest BCUT2D eigenvalue weighted by Gasteiger charge is 2.38. The number of aryl methyl sites for hydroxylation is 3. The molecule has 0 saturated carbocycles. The number of phosphoric ester groups is 1. The summed E-state index contributed by atoms with van der Waals surface area (Å²) >= 11 is 18.9. The van der Waals surface area contributed by atoms with Crippen LogP contribution in [0, 0.1) is 20.8 Å². The van der Waals surface area contributed by atoms with Crippen molar-refractivity contribution in [3.63, 3.8) is 0 Å². The van der Waals surface area contributed by atoms with E-state index in [4.69, 9.17) is 48.4 Å². The Morgan fingerprint density at radius 3 is 1.06 bits per heavy atom. The van der Waals surface area contributed by atoms with E-state index < -0.39 is 26.1 Å². The summed E-state index contributed by atoms with van der Waals surface area (Å²) in [5, 5.41) is 0. The minimum Gasteiger partial charge on any atom is -0.277 e. The highest BCUT2D eigenvalue weighted by Crippen LogP contribution is 2.59. The Kier molecular flexibility index (Phi) is 10.7. The topological polar surface area (TPSA) is 44.8 Å². The van der Waals surface area contributed by atoms with Crippen molar-refractivity contribution in [2.75, 3.05) is 17.6 Å². The summed E-state index contributed by atoms with van der Waals surface area (Å²) in [6.45, 7) is 5.82. The quantitative estimate of drug-likeness (QED) is 0.165. The predicted octanol–water partition coefficient (Wildman–Crippen LogP) is 9.01. The maximum absolute atomic E-state index is 14.3. The molecule has 0 aliphatic carbocycles. The SMILES string of the molecule is Cc1ccccc1C(CCl)OP(=O)(OC(CCl)c1ccccc1C)OC(CCl)c1ccccc1C. The molecule has 0 saturated heterocycles. The van der Waals surface area contributed by atoms with Crippen LogP contribution >= 0.6 is 42.6 Å². The fourth-order valence-electron chi connectivity index (χ4n) is 3.89. The average Bonchev–Trinajstić information content (AvgIpc) is 2.86. The summed E-state index contributed by atoms with van der Waals surface area (Å²) in [5.41, 5.74) is 5.24. The monoisotopic (exact) mass is 554 g/mol. The van der Waals surface area contributed by atoms with E-state index in [9.17, 15) is 4.57 Å². The largest absolute Gasteiger partial charge is 0.476 e. The van der Waals surface area contributed by atoms with E-state index in [1.165, 1.54) is 0 Å². The van der Waals surface area contributed by atoms with Crippen molar-refractivity contribution in [1.82, 2.24) is 0 Å². The molecule has 0 aromatic heterocycles. The molecule has 0 aliphatic rings. The van der Waals surface area contributed by atoms with E-state index in [0.717, 1.165) is 33.4 Å². The zero-order valence-corrected chi connectivity index (χ0v) is 23.2. The zero-order chi connectivity index (χ0) is 25.4. The summed E-state index contributed by atoms with van der Waals surface area (Å²) in [7, 11) is -4.25. The number of alkyl halides is 3. The van der Waals surface area contributed by atoms with Crippen LogP contribution in [0.2, 0.25) is 0 Å². The van der Waals surface area contributed by atoms with Gasteiger partial charge in [0.05, 0.1) is 17.6 Å². The molecular weight excluding hydrogens is 526 g/mol. The lowest BCUT2D eigenvalue weighted by Gasteiger charge is -2.30. The van der Waals surface area contributed by atoms with Crippen LogP contribution in [0.15, 0.2) is 72.8 Å². The van der Waals surface area contributed by atoms with Gasteiger partial charge in [0, 0.05) is 0 Å². The van der Waals surface area contributed by atoms with Crippen LogP contribution in [0.5, 0.6) is 0 Å². The van der Waals surface area contributed by atoms with E-state index in [-0.39, 0.29) is 17.6 Å². The Morgan fingerprint density at radius 1 is 0.571 bits per heavy atom. The van der Waals surface area contributed by atoms with Crippen molar-refractivity contribution in [2.45, 2.75) is 39.1 Å². The zero-order valence-electron chi connectivity index (χ0n) is 20.0. The van der Waals surface area contributed by atoms with E-state index in [0.29, 0.717) is 0 Å². The van der Waals surface area contributed by atoms with E-state index in [2.05, 4.69) is 0 Å². The predicted molar refractivity (Wildman–Crippen MR) is 145 cm³/mol. The van der Waals surface area contributed by atoms with Gasteiger partial charge in [-0.15, -0.1) is 34.8 Å². The molecule has 188 valence electrons. The molecule has 0 heterocycles. The first-order chi connectivity index (χ1) is 16.8. The first-order valence-electron chi connectivity index (χ1n) is 11.3. The van der Waals surface area contributed by atoms with Crippen LogP contribution < -0.4 is 0 Å². The van der Waals surface area contributed by atoms with Gasteiger partial charge in [0.2, 0.25) is 0 Å². The third-order valence-electron chi connectivity index (χ3n) is 5.80. The molecule has 3 unspecified atom stereocenters. The van der Waals surface area contributed by atoms with Crippen LogP contribution in [0.4, 0.5) is 0 Å². The van der Waals surface area contributed by atoms with Crippen LogP contribution in [0.1, 0.15) is 51.7 Å². The van der Waals surface area contributed by atoms with E-state index >= 15 is 0 Å². The van der Waals surface area contributed by atoms with Gasteiger partial charge >= 0.3 is 7.82 Å². The number of halogens is 3. The molecule has 3 atom stereocenters. The number of phosphoric acid groups is 1. The summed E-state index contributed by atoms with van der Waals surface area (Å²) in [5.74, 6) is 0.147. The average molecular weight is 556 g/mol. The summed E-state index contributed by atoms with van der Waals surface area (Å²) < 4.78 is 32.6. The maximum Gasteiger partial charge on any atom is 0.476 e. The second-order valence-corrected chi connectivity index (χ2v) is 10.7. The Bertz CT molecular complexity index is 1020. The van der Waals surface area contributed by atoms with Crippen LogP contribution in [-0.4, -0.2) is 17.6 Å². The third kappa shape index (κ3) is 7.33. The van der Waals surface area contributed by atoms with Crippen LogP contribution in [0.25, 0.3) is 0 Å². The molecular formula is C27H30Cl3O4P. The molecule has 3 aromatic carbocycles. The summed E-state index contributed by atoms with van der Waals surface area (Å²) in [6, 6.07) is 22.8. The first-order valence-corrected chi connectivity index (χ1v) is 14.4. The lowest BCUT2D eigenvalue weighted by molar-refractivity contribution is 0.0440. The van der Waals surface area contributed by atoms with Crippen LogP contribution in [0.3, 0.4) is 0 Å². The summed E-state index contributed by atoms with van der Waals surface area (Å²) in [4.78, 5) is 0. The number of hydrogen-bond acceptors (Lipinski definition) is 4. The second kappa shape index (κ2) is 13.3. The van der Waals surface area contributed by atoms with Crippen molar-refractivity contribution >= 4 is 42.6 Å². The Balaban J connectivity index is 2.01. The van der Waals surface area contributed by atoms with Gasteiger partial charge < -0.3 is 0 Å². The van der Waals surface area contributed by atoms with E-state index in [1.54, 1.807) is 0 Å². The van der Waals surface area contributed by atoms with Gasteiger partial charge in [0.15, 0.2) is 0 Å². The standard InChI is InChI=1S/C27H30Cl3O4P/c1-19-10-4-7-13-22(19)25(16-28)32-35(31,33-26(17-29)23-14-8-5-11-20(23)2)34-27(18-30)24-15-9-6-12-21(24)3/h4-15,25-27H,16-18H2,1-3H3. The van der Waals surface area contributed by atoms with Gasteiger partial charge in [-0.05, 0) is 54.2 Å². The van der Waals surface area contributed by atoms with Gasteiger partial charge in [0.1, 0.15) is 18.3 Å². The van der Waals surface area contributed by atoms with Gasteiger partial charge in [0.25, 0.3) is 0 Å². The van der Waals surface area contributed by atoms with Crippen molar-refractivity contribution < 1.29 is 18.1 Å². The number of hydrogen-bond donors (Lipinski definition) is 0. The van der Waals surface area contributed by atoms with Crippen molar-refractivity contribution in [3.8, 4) is 0 Å². The molecule has 3 aromatic rings. The molecule has 4 nitrogen and oxygen atoms in total. The van der Waals surface area contributed by atoms with Crippen LogP contribution in [-0.2, 0) is 18.1 Å². The van der Waals surface area contributed by atoms with Gasteiger partial charge in [-0.25, -0.2) is 4.57 Å². The molecule has 0 radical (unpaired) electrons. The Hall–Kier alpha value is -1.36. The van der Waals surface area contributed by atoms with Crippen molar-refractivity contribution in [3.05, 3.63) is 106 Å². The van der Waals surface area contributed by atoms with Crippen molar-refractivity contribution in [1.29, 1.82) is 0 Å². The lowest BCUT2D eigenvalue weighted by Crippen LogP contribution is -2.16. The maximum atomic E-state index is 14.3. The second-order valence-electron chi connectivity index (χ2n) is 8.26. The fourth-order valence-corrected chi connectivity index (χ4v) is 6.49. The molecule has 0 bridgehead atoms. The highest BCUT2D eigenvalue weighted by molar-refractivity contribution is 7.48. The lowest BCUT2D eigenvalue weighted by atomic mass is 10.1. The molecule has 0 spiro atoms.